The third-order valence-corrected chi connectivity index (χ3v) is 2.07. The highest BCUT2D eigenvalue weighted by Crippen LogP contribution is 2.25. The zero-order valence-corrected chi connectivity index (χ0v) is 8.55. The SMILES string of the molecule is NC(=O)[C](CC=O)c1cc([N+](=O)[O-])ccc1F. The summed E-state index contributed by atoms with van der Waals surface area (Å²) in [6, 6.07) is 2.68. The average Bonchev–Trinajstić information content (AvgIpc) is 2.26. The first-order valence-corrected chi connectivity index (χ1v) is 4.51. The molecule has 1 aromatic carbocycles. The van der Waals surface area contributed by atoms with Crippen LogP contribution in [0.1, 0.15) is 12.0 Å². The Morgan fingerprint density at radius 1 is 1.53 bits per heavy atom. The summed E-state index contributed by atoms with van der Waals surface area (Å²) in [4.78, 5) is 31.1. The van der Waals surface area contributed by atoms with Gasteiger partial charge in [0.25, 0.3) is 5.69 Å². The van der Waals surface area contributed by atoms with Gasteiger partial charge in [-0.2, -0.15) is 0 Å². The zero-order valence-electron chi connectivity index (χ0n) is 8.55. The predicted molar refractivity (Wildman–Crippen MR) is 55.3 cm³/mol. The smallest absolute Gasteiger partial charge is 0.269 e. The van der Waals surface area contributed by atoms with Crippen LogP contribution in [0.3, 0.4) is 0 Å². The normalized spacial score (nSPS) is 10.2. The first-order chi connectivity index (χ1) is 7.97. The summed E-state index contributed by atoms with van der Waals surface area (Å²) >= 11 is 0. The molecule has 7 heteroatoms. The predicted octanol–water partition coefficient (Wildman–Crippen LogP) is 0.731. The number of hydrogen-bond donors (Lipinski definition) is 1. The summed E-state index contributed by atoms with van der Waals surface area (Å²) in [5.74, 6) is -2.12. The maximum Gasteiger partial charge on any atom is 0.269 e. The van der Waals surface area contributed by atoms with Crippen molar-refractivity contribution in [2.45, 2.75) is 6.42 Å². The number of nitro groups is 1. The summed E-state index contributed by atoms with van der Waals surface area (Å²) < 4.78 is 13.4. The number of hydrogen-bond acceptors (Lipinski definition) is 4. The molecule has 89 valence electrons. The van der Waals surface area contributed by atoms with E-state index in [2.05, 4.69) is 0 Å². The Morgan fingerprint density at radius 2 is 2.18 bits per heavy atom. The summed E-state index contributed by atoms with van der Waals surface area (Å²) in [6.07, 6.45) is -0.0220. The molecule has 1 rings (SSSR count). The van der Waals surface area contributed by atoms with Crippen molar-refractivity contribution in [3.8, 4) is 0 Å². The molecule has 0 spiro atoms. The Kier molecular flexibility index (Phi) is 3.86. The number of nitrogens with two attached hydrogens (primary N) is 1. The average molecular weight is 239 g/mol. The molecule has 0 saturated heterocycles. The maximum atomic E-state index is 13.4. The number of benzene rings is 1. The third kappa shape index (κ3) is 2.83. The van der Waals surface area contributed by atoms with Crippen molar-refractivity contribution >= 4 is 17.9 Å². The van der Waals surface area contributed by atoms with Gasteiger partial charge in [-0.25, -0.2) is 4.39 Å². The molecule has 0 atom stereocenters. The molecule has 0 aliphatic carbocycles. The van der Waals surface area contributed by atoms with Crippen molar-refractivity contribution in [2.75, 3.05) is 0 Å². The van der Waals surface area contributed by atoms with Crippen LogP contribution in [0.15, 0.2) is 18.2 Å². The number of non-ortho nitro benzene ring substituents is 1. The highest BCUT2D eigenvalue weighted by molar-refractivity contribution is 5.95. The van der Waals surface area contributed by atoms with E-state index in [0.29, 0.717) is 6.29 Å². The van der Waals surface area contributed by atoms with Gasteiger partial charge in [-0.05, 0) is 6.07 Å². The van der Waals surface area contributed by atoms with Gasteiger partial charge in [0.2, 0.25) is 5.91 Å². The lowest BCUT2D eigenvalue weighted by molar-refractivity contribution is -0.385. The topological polar surface area (TPSA) is 103 Å². The van der Waals surface area contributed by atoms with Gasteiger partial charge in [-0.1, -0.05) is 0 Å². The molecule has 1 amide bonds. The number of primary amides is 1. The van der Waals surface area contributed by atoms with Gasteiger partial charge in [0, 0.05) is 24.1 Å². The van der Waals surface area contributed by atoms with Crippen molar-refractivity contribution in [1.29, 1.82) is 0 Å². The first-order valence-electron chi connectivity index (χ1n) is 4.51. The van der Waals surface area contributed by atoms with Gasteiger partial charge in [-0.3, -0.25) is 14.9 Å². The fourth-order valence-corrected chi connectivity index (χ4v) is 1.28. The van der Waals surface area contributed by atoms with Crippen LogP contribution in [0.25, 0.3) is 0 Å². The standard InChI is InChI=1S/C10H8FN2O4/c11-9-2-1-6(13(16)17)5-8(9)7(3-4-14)10(12)15/h1-2,4-5H,3H2,(H2,12,15). The Hall–Kier alpha value is -2.31. The van der Waals surface area contributed by atoms with Gasteiger partial charge in [-0.15, -0.1) is 0 Å². The van der Waals surface area contributed by atoms with Crippen LogP contribution in [-0.4, -0.2) is 17.1 Å². The van der Waals surface area contributed by atoms with Crippen molar-refractivity contribution in [3.63, 3.8) is 0 Å². The van der Waals surface area contributed by atoms with E-state index in [1.54, 1.807) is 0 Å². The van der Waals surface area contributed by atoms with E-state index < -0.39 is 23.1 Å². The van der Waals surface area contributed by atoms with Crippen molar-refractivity contribution in [2.24, 2.45) is 5.73 Å². The van der Waals surface area contributed by atoms with E-state index in [0.717, 1.165) is 18.2 Å². The molecule has 0 heterocycles. The Bertz CT molecular complexity index is 475. The molecular formula is C10H8FN2O4. The lowest BCUT2D eigenvalue weighted by Crippen LogP contribution is -2.23. The van der Waals surface area contributed by atoms with E-state index in [-0.39, 0.29) is 17.2 Å². The molecule has 6 nitrogen and oxygen atoms in total. The van der Waals surface area contributed by atoms with Gasteiger partial charge in [0.15, 0.2) is 0 Å². The molecule has 0 aromatic heterocycles. The monoisotopic (exact) mass is 239 g/mol. The van der Waals surface area contributed by atoms with Crippen LogP contribution < -0.4 is 5.73 Å². The fraction of sp³-hybridized carbons (Fsp3) is 0.100. The highest BCUT2D eigenvalue weighted by atomic mass is 19.1. The summed E-state index contributed by atoms with van der Waals surface area (Å²) in [6.45, 7) is 0. The second-order valence-electron chi connectivity index (χ2n) is 3.13. The second kappa shape index (κ2) is 5.15. The second-order valence-corrected chi connectivity index (χ2v) is 3.13. The minimum absolute atomic E-state index is 0.291. The Labute approximate surface area is 95.4 Å². The number of aldehydes is 1. The number of nitrogens with zero attached hydrogens (tertiary/aromatic N) is 1. The molecule has 17 heavy (non-hydrogen) atoms. The van der Waals surface area contributed by atoms with Crippen LogP contribution in [0.5, 0.6) is 0 Å². The molecule has 0 aliphatic rings. The highest BCUT2D eigenvalue weighted by Gasteiger charge is 2.24. The lowest BCUT2D eigenvalue weighted by atomic mass is 9.95. The minimum atomic E-state index is -0.989. The molecule has 0 aliphatic heterocycles. The number of rotatable bonds is 5. The number of halogens is 1. The van der Waals surface area contributed by atoms with Crippen LogP contribution >= 0.6 is 0 Å². The number of carbonyl (C=O) groups excluding carboxylic acids is 2. The Balaban J connectivity index is 3.25. The van der Waals surface area contributed by atoms with Crippen LogP contribution in [0, 0.1) is 21.8 Å². The van der Waals surface area contributed by atoms with E-state index in [9.17, 15) is 24.1 Å². The van der Waals surface area contributed by atoms with Gasteiger partial charge in [0.1, 0.15) is 18.0 Å². The molecule has 0 unspecified atom stereocenters. The largest absolute Gasteiger partial charge is 0.369 e. The number of nitro benzene ring substituents is 1. The number of carbonyl (C=O) groups is 2. The number of amides is 1. The molecule has 2 N–H and O–H groups in total. The van der Waals surface area contributed by atoms with E-state index >= 15 is 0 Å². The quantitative estimate of drug-likeness (QED) is 0.464. The van der Waals surface area contributed by atoms with E-state index in [4.69, 9.17) is 5.73 Å². The summed E-state index contributed by atoms with van der Waals surface area (Å²) in [5.41, 5.74) is 4.27. The zero-order chi connectivity index (χ0) is 13.0. The molecule has 1 aromatic rings. The van der Waals surface area contributed by atoms with Crippen molar-refractivity contribution in [1.82, 2.24) is 0 Å². The summed E-state index contributed by atoms with van der Waals surface area (Å²) in [7, 11) is 0. The molecule has 0 saturated carbocycles. The van der Waals surface area contributed by atoms with Crippen molar-refractivity contribution in [3.05, 3.63) is 45.6 Å². The first kappa shape index (κ1) is 12.8. The lowest BCUT2D eigenvalue weighted by Gasteiger charge is -2.10. The van der Waals surface area contributed by atoms with E-state index in [1.807, 2.05) is 0 Å². The maximum absolute atomic E-state index is 13.4. The van der Waals surface area contributed by atoms with Gasteiger partial charge in [0.05, 0.1) is 4.92 Å². The third-order valence-electron chi connectivity index (χ3n) is 2.07. The van der Waals surface area contributed by atoms with E-state index in [1.165, 1.54) is 0 Å². The summed E-state index contributed by atoms with van der Waals surface area (Å²) in [5, 5.41) is 10.5. The molecule has 1 radical (unpaired) electrons. The molecule has 0 fully saturated rings. The molecular weight excluding hydrogens is 231 g/mol. The Morgan fingerprint density at radius 3 is 2.65 bits per heavy atom. The molecule has 0 bridgehead atoms. The minimum Gasteiger partial charge on any atom is -0.369 e. The van der Waals surface area contributed by atoms with Crippen LogP contribution in [0.2, 0.25) is 0 Å². The van der Waals surface area contributed by atoms with Crippen molar-refractivity contribution < 1.29 is 18.9 Å². The van der Waals surface area contributed by atoms with Crippen LogP contribution in [0.4, 0.5) is 10.1 Å². The van der Waals surface area contributed by atoms with Gasteiger partial charge < -0.3 is 10.5 Å². The van der Waals surface area contributed by atoms with Gasteiger partial charge >= 0.3 is 0 Å². The van der Waals surface area contributed by atoms with Crippen LogP contribution in [-0.2, 0) is 9.59 Å². The fourth-order valence-electron chi connectivity index (χ4n) is 1.28.